The molecule has 23 heavy (non-hydrogen) atoms. The Kier molecular flexibility index (Phi) is 5.01. The summed E-state index contributed by atoms with van der Waals surface area (Å²) in [6, 6.07) is 13.3. The minimum atomic E-state index is -1.26. The Morgan fingerprint density at radius 2 is 1.87 bits per heavy atom. The fourth-order valence-corrected chi connectivity index (χ4v) is 2.11. The number of amides is 1. The van der Waals surface area contributed by atoms with Crippen LogP contribution in [0.5, 0.6) is 5.75 Å². The summed E-state index contributed by atoms with van der Waals surface area (Å²) in [6.07, 6.45) is -0.0553. The van der Waals surface area contributed by atoms with Crippen molar-refractivity contribution >= 4 is 11.6 Å². The molecule has 0 aliphatic carbocycles. The summed E-state index contributed by atoms with van der Waals surface area (Å²) in [5.41, 5.74) is 5.57. The number of halogens is 1. The molecule has 1 atom stereocenters. The summed E-state index contributed by atoms with van der Waals surface area (Å²) in [7, 11) is 0. The molecule has 0 radical (unpaired) electrons. The van der Waals surface area contributed by atoms with Crippen LogP contribution < -0.4 is 15.8 Å². The predicted molar refractivity (Wildman–Crippen MR) is 88.8 cm³/mol. The second-order valence-electron chi connectivity index (χ2n) is 5.83. The number of rotatable bonds is 5. The number of carbonyl (C=O) groups is 1. The zero-order valence-electron chi connectivity index (χ0n) is 13.5. The number of benzene rings is 2. The van der Waals surface area contributed by atoms with E-state index in [9.17, 15) is 9.18 Å². The number of hydrogen-bond acceptors (Lipinski definition) is 3. The molecule has 0 aliphatic rings. The Labute approximate surface area is 135 Å². The van der Waals surface area contributed by atoms with Crippen LogP contribution in [0.4, 0.5) is 10.1 Å². The third-order valence-corrected chi connectivity index (χ3v) is 3.41. The van der Waals surface area contributed by atoms with Gasteiger partial charge in [-0.05, 0) is 38.5 Å². The maximum Gasteiger partial charge on any atom is 0.248 e. The van der Waals surface area contributed by atoms with Gasteiger partial charge in [-0.15, -0.1) is 0 Å². The highest BCUT2D eigenvalue weighted by Gasteiger charge is 2.30. The number of carbonyl (C=O) groups excluding carboxylic acids is 1. The summed E-state index contributed by atoms with van der Waals surface area (Å²) in [6.45, 7) is 5.30. The van der Waals surface area contributed by atoms with Crippen molar-refractivity contribution in [3.8, 4) is 5.75 Å². The summed E-state index contributed by atoms with van der Waals surface area (Å²) >= 11 is 0. The van der Waals surface area contributed by atoms with Crippen molar-refractivity contribution in [1.29, 1.82) is 0 Å². The van der Waals surface area contributed by atoms with Gasteiger partial charge >= 0.3 is 0 Å². The Balaban J connectivity index is 2.17. The van der Waals surface area contributed by atoms with Crippen LogP contribution in [0.25, 0.3) is 0 Å². The Hall–Kier alpha value is -2.40. The highest BCUT2D eigenvalue weighted by atomic mass is 19.1. The number of anilines is 1. The van der Waals surface area contributed by atoms with E-state index in [1.54, 1.807) is 37.3 Å². The SMILES string of the molecule is CC(C)Oc1ccc(NC(=O)C(C)(N)c2ccccc2)c(F)c1. The van der Waals surface area contributed by atoms with E-state index in [4.69, 9.17) is 10.5 Å². The highest BCUT2D eigenvalue weighted by Crippen LogP contribution is 2.24. The highest BCUT2D eigenvalue weighted by molar-refractivity contribution is 5.98. The lowest BCUT2D eigenvalue weighted by atomic mass is 9.92. The number of nitrogens with one attached hydrogen (secondary N) is 1. The molecule has 0 aliphatic heterocycles. The molecule has 2 aromatic carbocycles. The number of hydrogen-bond donors (Lipinski definition) is 2. The lowest BCUT2D eigenvalue weighted by Crippen LogP contribution is -2.45. The molecule has 3 N–H and O–H groups in total. The molecular weight excluding hydrogens is 295 g/mol. The van der Waals surface area contributed by atoms with Gasteiger partial charge in [-0.2, -0.15) is 0 Å². The van der Waals surface area contributed by atoms with Crippen LogP contribution in [0.2, 0.25) is 0 Å². The molecule has 0 aromatic heterocycles. The molecule has 0 spiro atoms. The molecule has 0 heterocycles. The number of nitrogens with two attached hydrogens (primary N) is 1. The molecule has 1 amide bonds. The summed E-state index contributed by atoms with van der Waals surface area (Å²) in [4.78, 5) is 12.4. The third kappa shape index (κ3) is 4.07. The predicted octanol–water partition coefficient (Wildman–Crippen LogP) is 3.43. The van der Waals surface area contributed by atoms with Gasteiger partial charge in [-0.25, -0.2) is 4.39 Å². The smallest absolute Gasteiger partial charge is 0.248 e. The Morgan fingerprint density at radius 1 is 1.22 bits per heavy atom. The molecule has 2 aromatic rings. The zero-order chi connectivity index (χ0) is 17.0. The molecule has 0 saturated carbocycles. The van der Waals surface area contributed by atoms with E-state index in [0.717, 1.165) is 0 Å². The molecule has 0 fully saturated rings. The maximum atomic E-state index is 14.1. The van der Waals surface area contributed by atoms with Crippen molar-refractivity contribution in [3.63, 3.8) is 0 Å². The standard InChI is InChI=1S/C18H21FN2O2/c1-12(2)23-14-9-10-16(15(19)11-14)21-17(22)18(3,20)13-7-5-4-6-8-13/h4-12H,20H2,1-3H3,(H,21,22). The third-order valence-electron chi connectivity index (χ3n) is 3.41. The van der Waals surface area contributed by atoms with Crippen molar-refractivity contribution in [1.82, 2.24) is 0 Å². The van der Waals surface area contributed by atoms with E-state index in [-0.39, 0.29) is 11.8 Å². The monoisotopic (exact) mass is 316 g/mol. The summed E-state index contributed by atoms with van der Waals surface area (Å²) < 4.78 is 19.5. The van der Waals surface area contributed by atoms with Gasteiger partial charge in [0.25, 0.3) is 0 Å². The van der Waals surface area contributed by atoms with Crippen molar-refractivity contribution in [2.75, 3.05) is 5.32 Å². The molecule has 2 rings (SSSR count). The van der Waals surface area contributed by atoms with Gasteiger partial charge in [0.15, 0.2) is 0 Å². The average molecular weight is 316 g/mol. The fourth-order valence-electron chi connectivity index (χ4n) is 2.11. The van der Waals surface area contributed by atoms with Gasteiger partial charge in [0.1, 0.15) is 17.1 Å². The topological polar surface area (TPSA) is 64.3 Å². The van der Waals surface area contributed by atoms with E-state index >= 15 is 0 Å². The van der Waals surface area contributed by atoms with E-state index < -0.39 is 17.3 Å². The normalized spacial score (nSPS) is 13.5. The van der Waals surface area contributed by atoms with Crippen LogP contribution in [0.3, 0.4) is 0 Å². The van der Waals surface area contributed by atoms with Crippen molar-refractivity contribution in [2.45, 2.75) is 32.4 Å². The number of ether oxygens (including phenoxy) is 1. The molecule has 4 nitrogen and oxygen atoms in total. The first-order valence-corrected chi connectivity index (χ1v) is 7.43. The second kappa shape index (κ2) is 6.79. The molecule has 0 saturated heterocycles. The quantitative estimate of drug-likeness (QED) is 0.888. The first kappa shape index (κ1) is 17.0. The Bertz CT molecular complexity index is 685. The first-order chi connectivity index (χ1) is 10.8. The van der Waals surface area contributed by atoms with Gasteiger partial charge in [0.2, 0.25) is 5.91 Å². The van der Waals surface area contributed by atoms with E-state index in [1.165, 1.54) is 12.1 Å². The largest absolute Gasteiger partial charge is 0.491 e. The Morgan fingerprint density at radius 3 is 2.43 bits per heavy atom. The molecule has 5 heteroatoms. The summed E-state index contributed by atoms with van der Waals surface area (Å²) in [5, 5.41) is 2.54. The molecular formula is C18H21FN2O2. The van der Waals surface area contributed by atoms with Crippen molar-refractivity contribution < 1.29 is 13.9 Å². The first-order valence-electron chi connectivity index (χ1n) is 7.43. The average Bonchev–Trinajstić information content (AvgIpc) is 2.50. The molecule has 122 valence electrons. The van der Waals surface area contributed by atoms with Crippen LogP contribution >= 0.6 is 0 Å². The zero-order valence-corrected chi connectivity index (χ0v) is 13.5. The summed E-state index contributed by atoms with van der Waals surface area (Å²) in [5.74, 6) is -0.644. The maximum absolute atomic E-state index is 14.1. The van der Waals surface area contributed by atoms with E-state index in [1.807, 2.05) is 19.9 Å². The lowest BCUT2D eigenvalue weighted by Gasteiger charge is -2.24. The van der Waals surface area contributed by atoms with Crippen LogP contribution in [0.15, 0.2) is 48.5 Å². The molecule has 0 bridgehead atoms. The van der Waals surface area contributed by atoms with Crippen LogP contribution in [0.1, 0.15) is 26.3 Å². The lowest BCUT2D eigenvalue weighted by molar-refractivity contribution is -0.120. The van der Waals surface area contributed by atoms with E-state index in [2.05, 4.69) is 5.32 Å². The second-order valence-corrected chi connectivity index (χ2v) is 5.83. The van der Waals surface area contributed by atoms with Crippen molar-refractivity contribution in [2.24, 2.45) is 5.73 Å². The van der Waals surface area contributed by atoms with Gasteiger partial charge in [-0.3, -0.25) is 4.79 Å². The fraction of sp³-hybridized carbons (Fsp3) is 0.278. The minimum absolute atomic E-state index is 0.0553. The van der Waals surface area contributed by atoms with Gasteiger partial charge in [0, 0.05) is 6.07 Å². The van der Waals surface area contributed by atoms with Crippen molar-refractivity contribution in [3.05, 3.63) is 59.9 Å². The van der Waals surface area contributed by atoms with Crippen LogP contribution in [-0.4, -0.2) is 12.0 Å². The van der Waals surface area contributed by atoms with Crippen LogP contribution in [0, 0.1) is 5.82 Å². The van der Waals surface area contributed by atoms with Gasteiger partial charge < -0.3 is 15.8 Å². The van der Waals surface area contributed by atoms with Crippen LogP contribution in [-0.2, 0) is 10.3 Å². The minimum Gasteiger partial charge on any atom is -0.491 e. The van der Waals surface area contributed by atoms with Gasteiger partial charge in [0.05, 0.1) is 11.8 Å². The van der Waals surface area contributed by atoms with Gasteiger partial charge in [-0.1, -0.05) is 30.3 Å². The molecule has 1 unspecified atom stereocenters. The van der Waals surface area contributed by atoms with E-state index in [0.29, 0.717) is 11.3 Å².